The molecule has 1 amide bonds. The molecular formula is C20H24ClN3O4S. The molecule has 2 aromatic rings. The third-order valence-corrected chi connectivity index (χ3v) is 6.65. The van der Waals surface area contributed by atoms with E-state index in [0.29, 0.717) is 31.2 Å². The largest absolute Gasteiger partial charge is 0.495 e. The molecule has 2 aromatic carbocycles. The molecular weight excluding hydrogens is 414 g/mol. The summed E-state index contributed by atoms with van der Waals surface area (Å²) < 4.78 is 32.9. The predicted molar refractivity (Wildman–Crippen MR) is 113 cm³/mol. The molecule has 0 unspecified atom stereocenters. The van der Waals surface area contributed by atoms with Gasteiger partial charge in [-0.15, -0.1) is 0 Å². The topological polar surface area (TPSA) is 79.0 Å². The number of piperazine rings is 1. The SMILES string of the molecule is COc1ccccc1N1CCN(C(=O)[C@@H](C)NS(=O)(=O)c2ccc(Cl)cc2)CC1. The van der Waals surface area contributed by atoms with E-state index >= 15 is 0 Å². The van der Waals surface area contributed by atoms with Gasteiger partial charge in [-0.05, 0) is 43.3 Å². The van der Waals surface area contributed by atoms with E-state index in [1.807, 2.05) is 24.3 Å². The molecule has 0 bridgehead atoms. The maximum Gasteiger partial charge on any atom is 0.241 e. The number of halogens is 1. The van der Waals surface area contributed by atoms with Crippen molar-refractivity contribution in [2.75, 3.05) is 38.2 Å². The Bertz CT molecular complexity index is 958. The molecule has 0 radical (unpaired) electrons. The number of benzene rings is 2. The highest BCUT2D eigenvalue weighted by atomic mass is 35.5. The summed E-state index contributed by atoms with van der Waals surface area (Å²) in [5, 5.41) is 0.445. The van der Waals surface area contributed by atoms with E-state index in [2.05, 4.69) is 9.62 Å². The number of nitrogens with one attached hydrogen (secondary N) is 1. The van der Waals surface area contributed by atoms with Gasteiger partial charge in [-0.1, -0.05) is 23.7 Å². The van der Waals surface area contributed by atoms with Gasteiger partial charge in [0.2, 0.25) is 15.9 Å². The summed E-state index contributed by atoms with van der Waals surface area (Å²) >= 11 is 5.81. The average Bonchev–Trinajstić information content (AvgIpc) is 2.73. The first-order valence-corrected chi connectivity index (χ1v) is 11.1. The van der Waals surface area contributed by atoms with Crippen LogP contribution in [0.15, 0.2) is 53.4 Å². The Morgan fingerprint density at radius 1 is 1.07 bits per heavy atom. The molecule has 1 N–H and O–H groups in total. The maximum absolute atomic E-state index is 12.8. The normalized spacial score (nSPS) is 15.8. The number of carbonyl (C=O) groups is 1. The number of amides is 1. The molecule has 1 aliphatic heterocycles. The first-order chi connectivity index (χ1) is 13.8. The van der Waals surface area contributed by atoms with Crippen LogP contribution in [-0.2, 0) is 14.8 Å². The smallest absolute Gasteiger partial charge is 0.241 e. The number of para-hydroxylation sites is 2. The Morgan fingerprint density at radius 2 is 1.69 bits per heavy atom. The molecule has 0 aliphatic carbocycles. The Balaban J connectivity index is 1.60. The standard InChI is InChI=1S/C20H24ClN3O4S/c1-15(22-29(26,27)17-9-7-16(21)8-10-17)20(25)24-13-11-23(12-14-24)18-5-3-4-6-19(18)28-2/h3-10,15,22H,11-14H2,1-2H3/t15-/m1/s1. The van der Waals surface area contributed by atoms with Crippen LogP contribution in [0, 0.1) is 0 Å². The molecule has 0 saturated carbocycles. The molecule has 0 aromatic heterocycles. The predicted octanol–water partition coefficient (Wildman–Crippen LogP) is 2.36. The minimum atomic E-state index is -3.81. The van der Waals surface area contributed by atoms with E-state index in [9.17, 15) is 13.2 Å². The summed E-state index contributed by atoms with van der Waals surface area (Å²) in [4.78, 5) is 16.7. The van der Waals surface area contributed by atoms with Crippen molar-refractivity contribution in [1.82, 2.24) is 9.62 Å². The first-order valence-electron chi connectivity index (χ1n) is 9.26. The summed E-state index contributed by atoms with van der Waals surface area (Å²) in [5.74, 6) is 0.540. The lowest BCUT2D eigenvalue weighted by Crippen LogP contribution is -2.54. The highest BCUT2D eigenvalue weighted by Crippen LogP contribution is 2.28. The Kier molecular flexibility index (Phi) is 6.66. The molecule has 1 heterocycles. The van der Waals surface area contributed by atoms with Crippen molar-refractivity contribution >= 4 is 33.2 Å². The van der Waals surface area contributed by atoms with Crippen molar-refractivity contribution in [3.8, 4) is 5.75 Å². The molecule has 0 spiro atoms. The van der Waals surface area contributed by atoms with Gasteiger partial charge in [-0.2, -0.15) is 4.72 Å². The van der Waals surface area contributed by atoms with Gasteiger partial charge in [0.05, 0.1) is 23.7 Å². The van der Waals surface area contributed by atoms with Crippen LogP contribution in [0.1, 0.15) is 6.92 Å². The second kappa shape index (κ2) is 9.02. The van der Waals surface area contributed by atoms with Crippen molar-refractivity contribution in [1.29, 1.82) is 0 Å². The summed E-state index contributed by atoms with van der Waals surface area (Å²) in [6, 6.07) is 12.7. The molecule has 1 aliphatic rings. The summed E-state index contributed by atoms with van der Waals surface area (Å²) in [6.07, 6.45) is 0. The molecule has 7 nitrogen and oxygen atoms in total. The lowest BCUT2D eigenvalue weighted by atomic mass is 10.2. The van der Waals surface area contributed by atoms with Crippen molar-refractivity contribution in [3.63, 3.8) is 0 Å². The minimum Gasteiger partial charge on any atom is -0.495 e. The van der Waals surface area contributed by atoms with Crippen LogP contribution in [0.5, 0.6) is 5.75 Å². The number of carbonyl (C=O) groups excluding carboxylic acids is 1. The minimum absolute atomic E-state index is 0.0718. The highest BCUT2D eigenvalue weighted by Gasteiger charge is 2.29. The third-order valence-electron chi connectivity index (χ3n) is 4.84. The Hall–Kier alpha value is -2.29. The first kappa shape index (κ1) is 21.4. The fourth-order valence-corrected chi connectivity index (χ4v) is 4.62. The molecule has 156 valence electrons. The van der Waals surface area contributed by atoms with Crippen molar-refractivity contribution < 1.29 is 17.9 Å². The summed E-state index contributed by atoms with van der Waals surface area (Å²) in [7, 11) is -2.17. The number of hydrogen-bond acceptors (Lipinski definition) is 5. The van der Waals surface area contributed by atoms with E-state index < -0.39 is 16.1 Å². The summed E-state index contributed by atoms with van der Waals surface area (Å²) in [6.45, 7) is 3.85. The lowest BCUT2D eigenvalue weighted by molar-refractivity contribution is -0.132. The fraction of sp³-hybridized carbons (Fsp3) is 0.350. The fourth-order valence-electron chi connectivity index (χ4n) is 3.30. The van der Waals surface area contributed by atoms with Gasteiger partial charge in [0.25, 0.3) is 0 Å². The Morgan fingerprint density at radius 3 is 2.31 bits per heavy atom. The van der Waals surface area contributed by atoms with Crippen molar-refractivity contribution in [2.45, 2.75) is 17.9 Å². The van der Waals surface area contributed by atoms with Crippen LogP contribution >= 0.6 is 11.6 Å². The highest BCUT2D eigenvalue weighted by molar-refractivity contribution is 7.89. The van der Waals surface area contributed by atoms with Gasteiger partial charge in [0.15, 0.2) is 0 Å². The van der Waals surface area contributed by atoms with Gasteiger partial charge in [-0.3, -0.25) is 4.79 Å². The van der Waals surface area contributed by atoms with Gasteiger partial charge in [-0.25, -0.2) is 8.42 Å². The van der Waals surface area contributed by atoms with E-state index in [-0.39, 0.29) is 10.8 Å². The molecule has 1 fully saturated rings. The number of nitrogens with zero attached hydrogens (tertiary/aromatic N) is 2. The van der Waals surface area contributed by atoms with E-state index in [1.54, 1.807) is 18.9 Å². The summed E-state index contributed by atoms with van der Waals surface area (Å²) in [5.41, 5.74) is 0.985. The molecule has 1 saturated heterocycles. The molecule has 9 heteroatoms. The second-order valence-electron chi connectivity index (χ2n) is 6.78. The van der Waals surface area contributed by atoms with Gasteiger partial charge >= 0.3 is 0 Å². The number of hydrogen-bond donors (Lipinski definition) is 1. The van der Waals surface area contributed by atoms with Crippen LogP contribution < -0.4 is 14.4 Å². The Labute approximate surface area is 176 Å². The molecule has 1 atom stereocenters. The number of ether oxygens (including phenoxy) is 1. The number of methoxy groups -OCH3 is 1. The average molecular weight is 438 g/mol. The third kappa shape index (κ3) is 5.01. The van der Waals surface area contributed by atoms with Crippen LogP contribution in [0.2, 0.25) is 5.02 Å². The van der Waals surface area contributed by atoms with Gasteiger partial charge in [0, 0.05) is 31.2 Å². The monoisotopic (exact) mass is 437 g/mol. The number of rotatable bonds is 6. The van der Waals surface area contributed by atoms with Gasteiger partial charge in [0.1, 0.15) is 5.75 Å². The lowest BCUT2D eigenvalue weighted by Gasteiger charge is -2.37. The second-order valence-corrected chi connectivity index (χ2v) is 8.93. The van der Waals surface area contributed by atoms with Crippen LogP contribution in [0.25, 0.3) is 0 Å². The van der Waals surface area contributed by atoms with Crippen LogP contribution in [0.3, 0.4) is 0 Å². The van der Waals surface area contributed by atoms with Crippen LogP contribution in [0.4, 0.5) is 5.69 Å². The maximum atomic E-state index is 12.8. The van der Waals surface area contributed by atoms with Crippen molar-refractivity contribution in [3.05, 3.63) is 53.6 Å². The van der Waals surface area contributed by atoms with E-state index in [4.69, 9.17) is 16.3 Å². The van der Waals surface area contributed by atoms with Gasteiger partial charge < -0.3 is 14.5 Å². The van der Waals surface area contributed by atoms with Crippen molar-refractivity contribution in [2.24, 2.45) is 0 Å². The number of anilines is 1. The molecule has 3 rings (SSSR count). The molecule has 29 heavy (non-hydrogen) atoms. The zero-order valence-corrected chi connectivity index (χ0v) is 17.9. The zero-order chi connectivity index (χ0) is 21.0. The quantitative estimate of drug-likeness (QED) is 0.750. The van der Waals surface area contributed by atoms with Crippen LogP contribution in [-0.4, -0.2) is 58.6 Å². The number of sulfonamides is 1. The zero-order valence-electron chi connectivity index (χ0n) is 16.3. The van der Waals surface area contributed by atoms with E-state index in [0.717, 1.165) is 11.4 Å². The van der Waals surface area contributed by atoms with E-state index in [1.165, 1.54) is 24.3 Å².